The molecule has 0 bridgehead atoms. The third-order valence-electron chi connectivity index (χ3n) is 3.60. The highest BCUT2D eigenvalue weighted by Gasteiger charge is 2.34. The van der Waals surface area contributed by atoms with Gasteiger partial charge in [0.15, 0.2) is 0 Å². The summed E-state index contributed by atoms with van der Waals surface area (Å²) in [4.78, 5) is 20.3. The van der Waals surface area contributed by atoms with Crippen LogP contribution in [-0.4, -0.2) is 37.7 Å². The lowest BCUT2D eigenvalue weighted by atomic mass is 9.80. The van der Waals surface area contributed by atoms with E-state index in [1.807, 2.05) is 0 Å². The van der Waals surface area contributed by atoms with Crippen LogP contribution in [0.25, 0.3) is 5.82 Å². The van der Waals surface area contributed by atoms with Crippen molar-refractivity contribution in [3.8, 4) is 5.82 Å². The third-order valence-corrected chi connectivity index (χ3v) is 3.60. The molecule has 2 N–H and O–H groups in total. The summed E-state index contributed by atoms with van der Waals surface area (Å²) in [6.45, 7) is 0.281. The van der Waals surface area contributed by atoms with Gasteiger partial charge in [-0.1, -0.05) is 6.07 Å². The minimum absolute atomic E-state index is 0.271. The Hall–Kier alpha value is -2.21. The molecule has 0 aliphatic heterocycles. The average molecular weight is 272 g/mol. The minimum atomic E-state index is -0.725. The zero-order valence-electron chi connectivity index (χ0n) is 11.0. The second kappa shape index (κ2) is 5.05. The summed E-state index contributed by atoms with van der Waals surface area (Å²) in [6, 6.07) is 5.23. The van der Waals surface area contributed by atoms with Crippen molar-refractivity contribution in [1.29, 1.82) is 0 Å². The van der Waals surface area contributed by atoms with Gasteiger partial charge in [0.25, 0.3) is 5.91 Å². The van der Waals surface area contributed by atoms with Crippen LogP contribution in [0.4, 0.5) is 0 Å². The number of nitrogens with one attached hydrogen (secondary N) is 1. The Morgan fingerprint density at radius 3 is 2.95 bits per heavy atom. The van der Waals surface area contributed by atoms with Crippen molar-refractivity contribution >= 4 is 5.91 Å². The molecule has 0 radical (unpaired) electrons. The van der Waals surface area contributed by atoms with Crippen molar-refractivity contribution < 1.29 is 9.90 Å². The van der Waals surface area contributed by atoms with Gasteiger partial charge in [-0.2, -0.15) is 0 Å². The van der Waals surface area contributed by atoms with Crippen molar-refractivity contribution in [2.45, 2.75) is 24.9 Å². The molecule has 1 aliphatic rings. The summed E-state index contributed by atoms with van der Waals surface area (Å²) >= 11 is 0. The number of pyridine rings is 1. The van der Waals surface area contributed by atoms with Crippen LogP contribution in [0.15, 0.2) is 36.9 Å². The monoisotopic (exact) mass is 272 g/mol. The van der Waals surface area contributed by atoms with Gasteiger partial charge in [0, 0.05) is 18.9 Å². The summed E-state index contributed by atoms with van der Waals surface area (Å²) in [5, 5.41) is 12.7. The lowest BCUT2D eigenvalue weighted by molar-refractivity contribution is -0.0300. The number of nitrogens with zero attached hydrogens (tertiary/aromatic N) is 3. The van der Waals surface area contributed by atoms with Crippen LogP contribution in [0.5, 0.6) is 0 Å². The standard InChI is InChI=1S/C14H16N4O2/c19-13(16-9-14(20)5-2-6-14)11-3-1-4-12(17-11)18-8-7-15-10-18/h1,3-4,7-8,10,20H,2,5-6,9H2,(H,16,19). The lowest BCUT2D eigenvalue weighted by Gasteiger charge is -2.36. The highest BCUT2D eigenvalue weighted by molar-refractivity contribution is 5.92. The Balaban J connectivity index is 1.70. The van der Waals surface area contributed by atoms with Gasteiger partial charge in [-0.05, 0) is 31.4 Å². The number of hydrogen-bond donors (Lipinski definition) is 2. The molecule has 0 aromatic carbocycles. The largest absolute Gasteiger partial charge is 0.388 e. The Labute approximate surface area is 116 Å². The van der Waals surface area contributed by atoms with E-state index in [1.54, 1.807) is 41.5 Å². The first kappa shape index (κ1) is 12.8. The second-order valence-corrected chi connectivity index (χ2v) is 5.11. The van der Waals surface area contributed by atoms with Crippen LogP contribution in [-0.2, 0) is 0 Å². The number of carbonyl (C=O) groups is 1. The highest BCUT2D eigenvalue weighted by atomic mass is 16.3. The molecular formula is C14H16N4O2. The van der Waals surface area contributed by atoms with Crippen molar-refractivity contribution in [2.75, 3.05) is 6.54 Å². The average Bonchev–Trinajstić information content (AvgIpc) is 2.97. The van der Waals surface area contributed by atoms with Crippen molar-refractivity contribution in [3.63, 3.8) is 0 Å². The minimum Gasteiger partial charge on any atom is -0.388 e. The molecule has 6 heteroatoms. The quantitative estimate of drug-likeness (QED) is 0.867. The van der Waals surface area contributed by atoms with E-state index in [1.165, 1.54) is 0 Å². The van der Waals surface area contributed by atoms with Crippen molar-refractivity contribution in [3.05, 3.63) is 42.6 Å². The molecule has 0 saturated heterocycles. The lowest BCUT2D eigenvalue weighted by Crippen LogP contribution is -2.47. The fourth-order valence-electron chi connectivity index (χ4n) is 2.19. The number of imidazole rings is 1. The van der Waals surface area contributed by atoms with Gasteiger partial charge in [0.1, 0.15) is 17.8 Å². The normalized spacial score (nSPS) is 16.4. The molecule has 1 fully saturated rings. The fourth-order valence-corrected chi connectivity index (χ4v) is 2.19. The predicted molar refractivity (Wildman–Crippen MR) is 72.5 cm³/mol. The first-order valence-electron chi connectivity index (χ1n) is 6.62. The van der Waals surface area contributed by atoms with E-state index in [2.05, 4.69) is 15.3 Å². The SMILES string of the molecule is O=C(NCC1(O)CCC1)c1cccc(-n2ccnc2)n1. The molecule has 1 amide bonds. The maximum Gasteiger partial charge on any atom is 0.270 e. The fraction of sp³-hybridized carbons (Fsp3) is 0.357. The topological polar surface area (TPSA) is 80.0 Å². The van der Waals surface area contributed by atoms with E-state index < -0.39 is 5.60 Å². The van der Waals surface area contributed by atoms with Gasteiger partial charge < -0.3 is 10.4 Å². The van der Waals surface area contributed by atoms with Crippen LogP contribution in [0.3, 0.4) is 0 Å². The molecule has 0 atom stereocenters. The summed E-state index contributed by atoms with van der Waals surface area (Å²) < 4.78 is 1.73. The Bertz CT molecular complexity index is 605. The predicted octanol–water partition coefficient (Wildman–Crippen LogP) is 0.912. The molecule has 6 nitrogen and oxygen atoms in total. The molecule has 2 aromatic heterocycles. The molecule has 3 rings (SSSR count). The second-order valence-electron chi connectivity index (χ2n) is 5.11. The Morgan fingerprint density at radius 2 is 2.30 bits per heavy atom. The maximum absolute atomic E-state index is 12.0. The molecular weight excluding hydrogens is 256 g/mol. The molecule has 0 spiro atoms. The number of aromatic nitrogens is 3. The van der Waals surface area contributed by atoms with E-state index in [0.29, 0.717) is 11.5 Å². The van der Waals surface area contributed by atoms with E-state index in [-0.39, 0.29) is 12.5 Å². The molecule has 1 saturated carbocycles. The van der Waals surface area contributed by atoms with Crippen LogP contribution in [0.2, 0.25) is 0 Å². The number of rotatable bonds is 4. The first-order chi connectivity index (χ1) is 9.66. The smallest absolute Gasteiger partial charge is 0.270 e. The van der Waals surface area contributed by atoms with Gasteiger partial charge >= 0.3 is 0 Å². The zero-order valence-corrected chi connectivity index (χ0v) is 11.0. The number of aliphatic hydroxyl groups is 1. The van der Waals surface area contributed by atoms with Crippen LogP contribution < -0.4 is 5.32 Å². The molecule has 1 aliphatic carbocycles. The van der Waals surface area contributed by atoms with Gasteiger partial charge in [0.05, 0.1) is 5.60 Å². The zero-order chi connectivity index (χ0) is 14.0. The van der Waals surface area contributed by atoms with Gasteiger partial charge in [-0.3, -0.25) is 9.36 Å². The summed E-state index contributed by atoms with van der Waals surface area (Å²) in [5.41, 5.74) is -0.392. The van der Waals surface area contributed by atoms with Crippen LogP contribution in [0.1, 0.15) is 29.8 Å². The molecule has 2 heterocycles. The number of amides is 1. The highest BCUT2D eigenvalue weighted by Crippen LogP contribution is 2.30. The van der Waals surface area contributed by atoms with Gasteiger partial charge in [-0.15, -0.1) is 0 Å². The third kappa shape index (κ3) is 2.55. The number of hydrogen-bond acceptors (Lipinski definition) is 4. The van der Waals surface area contributed by atoms with E-state index in [9.17, 15) is 9.90 Å². The molecule has 2 aromatic rings. The van der Waals surface area contributed by atoms with E-state index in [0.717, 1.165) is 19.3 Å². The number of carbonyl (C=O) groups excluding carboxylic acids is 1. The van der Waals surface area contributed by atoms with Gasteiger partial charge in [-0.25, -0.2) is 9.97 Å². The van der Waals surface area contributed by atoms with Crippen LogP contribution >= 0.6 is 0 Å². The molecule has 0 unspecified atom stereocenters. The van der Waals surface area contributed by atoms with Gasteiger partial charge in [0.2, 0.25) is 0 Å². The summed E-state index contributed by atoms with van der Waals surface area (Å²) in [6.07, 6.45) is 7.55. The Morgan fingerprint density at radius 1 is 1.45 bits per heavy atom. The maximum atomic E-state index is 12.0. The van der Waals surface area contributed by atoms with E-state index in [4.69, 9.17) is 0 Å². The summed E-state index contributed by atoms with van der Waals surface area (Å²) in [7, 11) is 0. The van der Waals surface area contributed by atoms with Crippen molar-refractivity contribution in [1.82, 2.24) is 19.9 Å². The molecule has 20 heavy (non-hydrogen) atoms. The first-order valence-corrected chi connectivity index (χ1v) is 6.62. The molecule has 104 valence electrons. The van der Waals surface area contributed by atoms with Crippen LogP contribution in [0, 0.1) is 0 Å². The van der Waals surface area contributed by atoms with Crippen molar-refractivity contribution in [2.24, 2.45) is 0 Å². The Kier molecular flexibility index (Phi) is 3.23. The van der Waals surface area contributed by atoms with E-state index >= 15 is 0 Å². The summed E-state index contributed by atoms with van der Waals surface area (Å²) in [5.74, 6) is 0.366.